The molecule has 0 saturated carbocycles. The first kappa shape index (κ1) is 10.0. The molecule has 1 rings (SSSR count). The van der Waals surface area contributed by atoms with Crippen molar-refractivity contribution in [1.82, 2.24) is 0 Å². The van der Waals surface area contributed by atoms with E-state index in [9.17, 15) is 0 Å². The van der Waals surface area contributed by atoms with E-state index in [1.807, 2.05) is 0 Å². The summed E-state index contributed by atoms with van der Waals surface area (Å²) in [5.41, 5.74) is 3.79. The van der Waals surface area contributed by atoms with Crippen molar-refractivity contribution in [1.29, 1.82) is 0 Å². The van der Waals surface area contributed by atoms with Gasteiger partial charge in [0.05, 0.1) is 0 Å². The molecule has 0 aliphatic heterocycles. The highest BCUT2D eigenvalue weighted by molar-refractivity contribution is 5.32. The molecule has 0 saturated heterocycles. The molecule has 0 bridgehead atoms. The van der Waals surface area contributed by atoms with Crippen molar-refractivity contribution in [2.75, 3.05) is 0 Å². The molecule has 0 aliphatic rings. The quantitative estimate of drug-likeness (QED) is 0.656. The third-order valence-electron chi connectivity index (χ3n) is 1.99. The number of benzene rings is 1. The third-order valence-corrected chi connectivity index (χ3v) is 1.99. The van der Waals surface area contributed by atoms with E-state index in [1.54, 1.807) is 0 Å². The summed E-state index contributed by atoms with van der Waals surface area (Å²) in [6.45, 7) is 10.3. The van der Waals surface area contributed by atoms with Gasteiger partial charge in [0.1, 0.15) is 0 Å². The van der Waals surface area contributed by atoms with Crippen LogP contribution in [0, 0.1) is 18.9 Å². The number of aryl methyl sites for hydroxylation is 1. The number of rotatable bonds is 3. The van der Waals surface area contributed by atoms with Crippen LogP contribution in [-0.4, -0.2) is 0 Å². The lowest BCUT2D eigenvalue weighted by Gasteiger charge is -2.07. The van der Waals surface area contributed by atoms with Gasteiger partial charge in [-0.1, -0.05) is 44.2 Å². The Morgan fingerprint density at radius 1 is 1.31 bits per heavy atom. The Morgan fingerprint density at radius 2 is 2.00 bits per heavy atom. The lowest BCUT2D eigenvalue weighted by Crippen LogP contribution is -1.95. The molecule has 69 valence electrons. The maximum absolute atomic E-state index is 3.67. The maximum Gasteiger partial charge on any atom is -0.0179 e. The van der Waals surface area contributed by atoms with E-state index < -0.39 is 0 Å². The summed E-state index contributed by atoms with van der Waals surface area (Å²) in [7, 11) is 0. The van der Waals surface area contributed by atoms with E-state index in [0.717, 1.165) is 12.0 Å². The molecule has 0 unspecified atom stereocenters. The summed E-state index contributed by atoms with van der Waals surface area (Å²) in [5.74, 6) is 0.708. The fourth-order valence-corrected chi connectivity index (χ4v) is 1.55. The summed E-state index contributed by atoms with van der Waals surface area (Å²) < 4.78 is 0. The molecule has 1 aromatic carbocycles. The minimum Gasteiger partial charge on any atom is -0.0906 e. The van der Waals surface area contributed by atoms with Gasteiger partial charge >= 0.3 is 0 Å². The molecule has 0 N–H and O–H groups in total. The topological polar surface area (TPSA) is 0 Å². The SMILES string of the molecule is C=[C]c1cc(C)cc(CC(C)C)c1. The van der Waals surface area contributed by atoms with Crippen molar-refractivity contribution in [2.45, 2.75) is 27.2 Å². The molecule has 1 radical (unpaired) electrons. The van der Waals surface area contributed by atoms with Gasteiger partial charge in [-0.05, 0) is 36.5 Å². The fraction of sp³-hybridized carbons (Fsp3) is 0.385. The van der Waals surface area contributed by atoms with Crippen LogP contribution in [0.15, 0.2) is 24.8 Å². The van der Waals surface area contributed by atoms with Crippen molar-refractivity contribution >= 4 is 0 Å². The second-order valence-electron chi connectivity index (χ2n) is 3.98. The Labute approximate surface area is 81.3 Å². The molecule has 13 heavy (non-hydrogen) atoms. The molecule has 0 heteroatoms. The van der Waals surface area contributed by atoms with Crippen LogP contribution in [0.2, 0.25) is 0 Å². The van der Waals surface area contributed by atoms with Crippen LogP contribution in [0.1, 0.15) is 30.5 Å². The minimum atomic E-state index is 0.708. The van der Waals surface area contributed by atoms with E-state index in [1.165, 1.54) is 11.1 Å². The average Bonchev–Trinajstić information content (AvgIpc) is 2.01. The van der Waals surface area contributed by atoms with Crippen LogP contribution >= 0.6 is 0 Å². The van der Waals surface area contributed by atoms with E-state index >= 15 is 0 Å². The molecule has 0 fully saturated rings. The molecule has 0 atom stereocenters. The Kier molecular flexibility index (Phi) is 3.30. The first-order valence-electron chi connectivity index (χ1n) is 4.75. The summed E-state index contributed by atoms with van der Waals surface area (Å²) in [4.78, 5) is 0. The van der Waals surface area contributed by atoms with E-state index in [4.69, 9.17) is 0 Å². The van der Waals surface area contributed by atoms with Crippen LogP contribution in [-0.2, 0) is 6.42 Å². The van der Waals surface area contributed by atoms with Crippen molar-refractivity contribution in [3.8, 4) is 0 Å². The van der Waals surface area contributed by atoms with E-state index in [0.29, 0.717) is 5.92 Å². The van der Waals surface area contributed by atoms with Gasteiger partial charge in [-0.25, -0.2) is 0 Å². The average molecular weight is 173 g/mol. The van der Waals surface area contributed by atoms with Crippen molar-refractivity contribution in [2.24, 2.45) is 5.92 Å². The zero-order chi connectivity index (χ0) is 9.84. The summed E-state index contributed by atoms with van der Waals surface area (Å²) >= 11 is 0. The number of hydrogen-bond acceptors (Lipinski definition) is 0. The molecule has 1 aromatic rings. The lowest BCUT2D eigenvalue weighted by atomic mass is 9.99. The second-order valence-corrected chi connectivity index (χ2v) is 3.98. The van der Waals surface area contributed by atoms with Gasteiger partial charge in [-0.15, -0.1) is 0 Å². The highest BCUT2D eigenvalue weighted by Crippen LogP contribution is 2.13. The van der Waals surface area contributed by atoms with Gasteiger partial charge in [0.2, 0.25) is 0 Å². The standard InChI is InChI=1S/C13H17/c1-5-12-7-11(4)8-13(9-12)6-10(2)3/h7-10H,1,6H2,2-4H3. The van der Waals surface area contributed by atoms with E-state index in [2.05, 4.69) is 51.6 Å². The summed E-state index contributed by atoms with van der Waals surface area (Å²) in [5, 5.41) is 0. The molecule has 0 spiro atoms. The minimum absolute atomic E-state index is 0.708. The van der Waals surface area contributed by atoms with Gasteiger partial charge in [0.15, 0.2) is 0 Å². The predicted octanol–water partition coefficient (Wildman–Crippen LogP) is 3.53. The zero-order valence-corrected chi connectivity index (χ0v) is 8.72. The van der Waals surface area contributed by atoms with Gasteiger partial charge in [0.25, 0.3) is 0 Å². The van der Waals surface area contributed by atoms with Gasteiger partial charge in [-0.2, -0.15) is 0 Å². The fourth-order valence-electron chi connectivity index (χ4n) is 1.55. The van der Waals surface area contributed by atoms with Crippen LogP contribution in [0.4, 0.5) is 0 Å². The Morgan fingerprint density at radius 3 is 2.54 bits per heavy atom. The summed E-state index contributed by atoms with van der Waals surface area (Å²) in [6, 6.07) is 6.51. The van der Waals surface area contributed by atoms with Crippen molar-refractivity contribution in [3.63, 3.8) is 0 Å². The van der Waals surface area contributed by atoms with Crippen LogP contribution in [0.25, 0.3) is 0 Å². The normalized spacial score (nSPS) is 10.5. The smallest absolute Gasteiger partial charge is 0.0179 e. The maximum atomic E-state index is 3.67. The highest BCUT2D eigenvalue weighted by atomic mass is 14.0. The molecule has 0 amide bonds. The first-order valence-corrected chi connectivity index (χ1v) is 4.75. The third kappa shape index (κ3) is 3.06. The second kappa shape index (κ2) is 4.27. The molecule has 0 heterocycles. The first-order chi connectivity index (χ1) is 6.11. The van der Waals surface area contributed by atoms with E-state index in [-0.39, 0.29) is 0 Å². The molecule has 0 nitrogen and oxygen atoms in total. The van der Waals surface area contributed by atoms with Crippen molar-refractivity contribution < 1.29 is 0 Å². The molecular weight excluding hydrogens is 156 g/mol. The van der Waals surface area contributed by atoms with Crippen LogP contribution in [0.5, 0.6) is 0 Å². The largest absolute Gasteiger partial charge is 0.0906 e. The predicted molar refractivity (Wildman–Crippen MR) is 57.7 cm³/mol. The zero-order valence-electron chi connectivity index (χ0n) is 8.72. The molecule has 0 aromatic heterocycles. The Hall–Kier alpha value is -1.04. The monoisotopic (exact) mass is 173 g/mol. The van der Waals surface area contributed by atoms with Crippen LogP contribution in [0.3, 0.4) is 0 Å². The Bertz CT molecular complexity index is 295. The van der Waals surface area contributed by atoms with Gasteiger partial charge in [0, 0.05) is 0 Å². The summed E-state index contributed by atoms with van der Waals surface area (Å²) in [6.07, 6.45) is 4.07. The lowest BCUT2D eigenvalue weighted by molar-refractivity contribution is 0.647. The van der Waals surface area contributed by atoms with Crippen molar-refractivity contribution in [3.05, 3.63) is 47.5 Å². The molecular formula is C13H17. The van der Waals surface area contributed by atoms with Gasteiger partial charge < -0.3 is 0 Å². The number of hydrogen-bond donors (Lipinski definition) is 0. The highest BCUT2D eigenvalue weighted by Gasteiger charge is 1.99. The van der Waals surface area contributed by atoms with Crippen LogP contribution < -0.4 is 0 Å². The van der Waals surface area contributed by atoms with Gasteiger partial charge in [-0.3, -0.25) is 0 Å². The Balaban J connectivity index is 2.94. The molecule has 0 aliphatic carbocycles.